The number of likely N-dealkylation sites (tertiary alicyclic amines) is 2. The molecule has 1 N–H and O–H groups in total. The number of amides is 1. The van der Waals surface area contributed by atoms with E-state index in [1.54, 1.807) is 6.20 Å². The third kappa shape index (κ3) is 5.51. The monoisotopic (exact) mass is 661 g/mol. The summed E-state index contributed by atoms with van der Waals surface area (Å²) >= 11 is 0. The van der Waals surface area contributed by atoms with Crippen LogP contribution in [0.4, 0.5) is 19.0 Å². The van der Waals surface area contributed by atoms with E-state index >= 15 is 0 Å². The molecule has 48 heavy (non-hydrogen) atoms. The molecule has 1 saturated carbocycles. The van der Waals surface area contributed by atoms with Crippen LogP contribution in [0.25, 0.3) is 32.9 Å². The number of H-pyrrole nitrogens is 1. The van der Waals surface area contributed by atoms with E-state index in [2.05, 4.69) is 32.6 Å². The van der Waals surface area contributed by atoms with Crippen molar-refractivity contribution < 1.29 is 27.4 Å². The molecule has 3 saturated heterocycles. The number of piperidine rings is 1. The quantitative estimate of drug-likeness (QED) is 0.244. The summed E-state index contributed by atoms with van der Waals surface area (Å²) in [4.78, 5) is 28.1. The van der Waals surface area contributed by atoms with Crippen molar-refractivity contribution in [3.8, 4) is 22.9 Å². The number of hydrogen-bond donors (Lipinski definition) is 1. The van der Waals surface area contributed by atoms with Crippen molar-refractivity contribution in [3.05, 3.63) is 48.2 Å². The highest BCUT2D eigenvalue weighted by Gasteiger charge is 2.46. The Balaban J connectivity index is 1.29. The van der Waals surface area contributed by atoms with E-state index in [1.807, 2.05) is 31.0 Å². The molecule has 5 heterocycles. The number of fused-ring (bicyclic) bond motifs is 2. The first-order chi connectivity index (χ1) is 23.0. The molecule has 4 aromatic rings. The van der Waals surface area contributed by atoms with E-state index in [9.17, 15) is 18.0 Å². The van der Waals surface area contributed by atoms with E-state index in [-0.39, 0.29) is 35.1 Å². The zero-order valence-corrected chi connectivity index (χ0v) is 27.1. The first-order valence-electron chi connectivity index (χ1n) is 16.5. The zero-order chi connectivity index (χ0) is 33.4. The summed E-state index contributed by atoms with van der Waals surface area (Å²) in [6.07, 6.45) is 1.95. The molecule has 13 heteroatoms. The number of nitrogens with one attached hydrogen (secondary N) is 1. The van der Waals surface area contributed by atoms with Crippen LogP contribution in [-0.4, -0.2) is 101 Å². The zero-order valence-electron chi connectivity index (χ0n) is 27.1. The lowest BCUT2D eigenvalue weighted by molar-refractivity contribution is -0.153. The fourth-order valence-electron chi connectivity index (χ4n) is 7.66. The minimum absolute atomic E-state index is 0.0436. The number of aromatic amines is 1. The Morgan fingerprint density at radius 3 is 2.54 bits per heavy atom. The number of likely N-dealkylation sites (N-methyl/N-ethyl adjacent to an activating group) is 1. The van der Waals surface area contributed by atoms with Crippen LogP contribution >= 0.6 is 0 Å². The molecule has 4 fully saturated rings. The second-order valence-corrected chi connectivity index (χ2v) is 14.0. The smallest absolute Gasteiger partial charge is 0.422 e. The minimum atomic E-state index is -4.56. The maximum Gasteiger partial charge on any atom is 0.422 e. The number of nitrogens with zero attached hydrogens (tertiary/aromatic N) is 6. The van der Waals surface area contributed by atoms with E-state index in [1.165, 1.54) is 6.08 Å². The van der Waals surface area contributed by atoms with Gasteiger partial charge in [-0.25, -0.2) is 0 Å². The van der Waals surface area contributed by atoms with Crippen LogP contribution in [0.5, 0.6) is 11.8 Å². The van der Waals surface area contributed by atoms with Gasteiger partial charge in [-0.3, -0.25) is 14.8 Å². The molecular weight excluding hydrogens is 623 g/mol. The van der Waals surface area contributed by atoms with Crippen LogP contribution in [-0.2, 0) is 4.79 Å². The van der Waals surface area contributed by atoms with E-state index in [0.29, 0.717) is 61.6 Å². The summed E-state index contributed by atoms with van der Waals surface area (Å²) < 4.78 is 53.9. The number of halogens is 3. The Kier molecular flexibility index (Phi) is 7.31. The molecule has 3 aliphatic heterocycles. The van der Waals surface area contributed by atoms with Gasteiger partial charge in [0.05, 0.1) is 11.7 Å². The van der Waals surface area contributed by atoms with Crippen molar-refractivity contribution in [2.75, 3.05) is 57.8 Å². The molecule has 0 bridgehead atoms. The number of ether oxygens (including phenoxy) is 2. The molecule has 10 nitrogen and oxygen atoms in total. The Morgan fingerprint density at radius 2 is 1.88 bits per heavy atom. The highest BCUT2D eigenvalue weighted by atomic mass is 19.4. The molecule has 0 radical (unpaired) electrons. The van der Waals surface area contributed by atoms with Gasteiger partial charge in [-0.05, 0) is 80.5 Å². The van der Waals surface area contributed by atoms with Gasteiger partial charge in [-0.1, -0.05) is 12.6 Å². The normalized spacial score (nSPS) is 19.9. The summed E-state index contributed by atoms with van der Waals surface area (Å²) in [5.74, 6) is 0.846. The maximum atomic E-state index is 13.9. The van der Waals surface area contributed by atoms with Gasteiger partial charge in [0.25, 0.3) is 0 Å². The fraction of sp³-hybridized carbons (Fsp3) is 0.486. The van der Waals surface area contributed by atoms with Crippen molar-refractivity contribution in [1.29, 1.82) is 0 Å². The lowest BCUT2D eigenvalue weighted by atomic mass is 9.72. The predicted molar refractivity (Wildman–Crippen MR) is 175 cm³/mol. The molecule has 1 aliphatic carbocycles. The summed E-state index contributed by atoms with van der Waals surface area (Å²) in [5, 5.41) is 8.72. The SMILES string of the molecule is C=CC(=O)N1CC2(CCN(c3nc(OC4CN(C)C4)nc4c(OCC(F)(F)F)c(-c5c(C)ccc6[nH]ncc56)c(C5CC5)cc34)CC2)C1. The first kappa shape index (κ1) is 30.9. The fourth-order valence-corrected chi connectivity index (χ4v) is 7.66. The molecular formula is C35H38F3N7O3. The van der Waals surface area contributed by atoms with Crippen molar-refractivity contribution in [2.45, 2.75) is 50.8 Å². The summed E-state index contributed by atoms with van der Waals surface area (Å²) in [6, 6.07) is 6.08. The lowest BCUT2D eigenvalue weighted by Gasteiger charge is -2.54. The van der Waals surface area contributed by atoms with Crippen LogP contribution < -0.4 is 14.4 Å². The molecule has 1 amide bonds. The Bertz CT molecular complexity index is 1920. The molecule has 4 aliphatic rings. The van der Waals surface area contributed by atoms with Gasteiger partial charge in [0.15, 0.2) is 12.4 Å². The van der Waals surface area contributed by atoms with Gasteiger partial charge in [-0.15, -0.1) is 0 Å². The Hall–Kier alpha value is -4.39. The molecule has 8 rings (SSSR count). The number of carbonyl (C=O) groups excluding carboxylic acids is 1. The highest BCUT2D eigenvalue weighted by molar-refractivity contribution is 6.06. The number of rotatable bonds is 8. The number of hydrogen-bond acceptors (Lipinski definition) is 8. The number of carbonyl (C=O) groups is 1. The van der Waals surface area contributed by atoms with E-state index in [4.69, 9.17) is 19.4 Å². The van der Waals surface area contributed by atoms with Crippen molar-refractivity contribution in [1.82, 2.24) is 30.0 Å². The van der Waals surface area contributed by atoms with Gasteiger partial charge in [0.1, 0.15) is 17.4 Å². The third-order valence-electron chi connectivity index (χ3n) is 10.4. The number of aromatic nitrogens is 4. The van der Waals surface area contributed by atoms with Crippen LogP contribution in [0.2, 0.25) is 0 Å². The van der Waals surface area contributed by atoms with E-state index in [0.717, 1.165) is 53.3 Å². The summed E-state index contributed by atoms with van der Waals surface area (Å²) in [5.41, 5.74) is 4.37. The Morgan fingerprint density at radius 1 is 1.12 bits per heavy atom. The second-order valence-electron chi connectivity index (χ2n) is 14.0. The standard InChI is InChI=1S/C35H38F3N7O3/c1-4-27(46)45-17-34(18-45)9-11-44(12-10-34)32-24-13-23(21-6-7-21)29(28-20(2)5-8-26-25(28)14-39-42-26)31(47-19-35(36,37)38)30(24)40-33(41-32)48-22-15-43(3)16-22/h4-5,8,13-14,21-22H,1,6-7,9-12,15-19H2,2-3H3,(H,39,42). The molecule has 2 aromatic carbocycles. The minimum Gasteiger partial charge on any atom is -0.481 e. The van der Waals surface area contributed by atoms with Crippen molar-refractivity contribution in [3.63, 3.8) is 0 Å². The average Bonchev–Trinajstić information content (AvgIpc) is 3.77. The summed E-state index contributed by atoms with van der Waals surface area (Å²) in [6.45, 7) is 8.27. The molecule has 252 valence electrons. The van der Waals surface area contributed by atoms with E-state index < -0.39 is 12.8 Å². The highest BCUT2D eigenvalue weighted by Crippen LogP contribution is 2.53. The topological polar surface area (TPSA) is 99.7 Å². The van der Waals surface area contributed by atoms with Gasteiger partial charge in [-0.2, -0.15) is 28.2 Å². The van der Waals surface area contributed by atoms with Gasteiger partial charge >= 0.3 is 12.2 Å². The summed E-state index contributed by atoms with van der Waals surface area (Å²) in [7, 11) is 1.99. The molecule has 0 unspecified atom stereocenters. The maximum absolute atomic E-state index is 13.9. The van der Waals surface area contributed by atoms with Gasteiger partial charge in [0.2, 0.25) is 5.91 Å². The van der Waals surface area contributed by atoms with Crippen LogP contribution in [0.1, 0.15) is 42.7 Å². The number of alkyl halides is 3. The third-order valence-corrected chi connectivity index (χ3v) is 10.4. The van der Waals surface area contributed by atoms with Gasteiger partial charge in [0, 0.05) is 61.0 Å². The second kappa shape index (κ2) is 11.4. The van der Waals surface area contributed by atoms with Crippen LogP contribution in [0.15, 0.2) is 37.1 Å². The van der Waals surface area contributed by atoms with Crippen LogP contribution in [0.3, 0.4) is 0 Å². The first-order valence-corrected chi connectivity index (χ1v) is 16.5. The van der Waals surface area contributed by atoms with Crippen molar-refractivity contribution >= 4 is 33.5 Å². The number of benzene rings is 2. The lowest BCUT2D eigenvalue weighted by Crippen LogP contribution is -2.61. The molecule has 2 aromatic heterocycles. The largest absolute Gasteiger partial charge is 0.481 e. The molecule has 1 spiro atoms. The number of anilines is 1. The van der Waals surface area contributed by atoms with Crippen molar-refractivity contribution in [2.24, 2.45) is 5.41 Å². The molecule has 0 atom stereocenters. The Labute approximate surface area is 275 Å². The van der Waals surface area contributed by atoms with Crippen LogP contribution in [0, 0.1) is 12.3 Å². The predicted octanol–water partition coefficient (Wildman–Crippen LogP) is 5.61. The average molecular weight is 662 g/mol. The van der Waals surface area contributed by atoms with Gasteiger partial charge < -0.3 is 19.3 Å². The number of aryl methyl sites for hydroxylation is 1.